The molecule has 0 fully saturated rings. The summed E-state index contributed by atoms with van der Waals surface area (Å²) in [5, 5.41) is 38.9. The molecule has 0 heterocycles. The molecular formula is C9H11NO5. The van der Waals surface area contributed by atoms with Crippen LogP contribution < -0.4 is 0 Å². The number of nitrogens with zero attached hydrogens (tertiary/aromatic N) is 1. The van der Waals surface area contributed by atoms with Crippen LogP contribution in [0.5, 0.6) is 17.2 Å². The molecule has 0 saturated carbocycles. The highest BCUT2D eigenvalue weighted by atomic mass is 16.5. The van der Waals surface area contributed by atoms with E-state index in [1.807, 2.05) is 0 Å². The van der Waals surface area contributed by atoms with Crippen molar-refractivity contribution in [2.75, 3.05) is 6.61 Å². The quantitative estimate of drug-likeness (QED) is 0.193. The van der Waals surface area contributed by atoms with Gasteiger partial charge in [0, 0.05) is 5.56 Å². The molecule has 0 saturated heterocycles. The Hall–Kier alpha value is -2.11. The van der Waals surface area contributed by atoms with E-state index in [1.165, 1.54) is 0 Å². The van der Waals surface area contributed by atoms with Crippen molar-refractivity contribution in [3.05, 3.63) is 17.7 Å². The van der Waals surface area contributed by atoms with Crippen LogP contribution in [-0.4, -0.2) is 33.0 Å². The SMILES string of the molecule is CCOC(=NO)c1cc(O)c(O)c(O)c1. The van der Waals surface area contributed by atoms with Gasteiger partial charge in [-0.25, -0.2) is 0 Å². The van der Waals surface area contributed by atoms with Gasteiger partial charge in [0.15, 0.2) is 17.2 Å². The molecule has 0 aliphatic rings. The van der Waals surface area contributed by atoms with Gasteiger partial charge in [0.25, 0.3) is 5.90 Å². The van der Waals surface area contributed by atoms with Gasteiger partial charge in [0.1, 0.15) is 0 Å². The average molecular weight is 213 g/mol. The average Bonchev–Trinajstić information content (AvgIpc) is 2.22. The minimum absolute atomic E-state index is 0.150. The van der Waals surface area contributed by atoms with Gasteiger partial charge in [-0.3, -0.25) is 0 Å². The summed E-state index contributed by atoms with van der Waals surface area (Å²) in [5.41, 5.74) is 0.159. The molecule has 0 unspecified atom stereocenters. The molecule has 82 valence electrons. The minimum atomic E-state index is -0.632. The molecule has 1 rings (SSSR count). The normalized spacial score (nSPS) is 11.4. The Balaban J connectivity index is 3.15. The number of hydrogen-bond donors (Lipinski definition) is 4. The number of rotatable bonds is 2. The Labute approximate surface area is 85.7 Å². The molecule has 0 aliphatic heterocycles. The number of phenols is 3. The van der Waals surface area contributed by atoms with Gasteiger partial charge in [-0.1, -0.05) is 0 Å². The zero-order chi connectivity index (χ0) is 11.4. The van der Waals surface area contributed by atoms with Crippen molar-refractivity contribution in [3.63, 3.8) is 0 Å². The summed E-state index contributed by atoms with van der Waals surface area (Å²) in [6.07, 6.45) is 0. The van der Waals surface area contributed by atoms with Crippen LogP contribution in [0.15, 0.2) is 17.3 Å². The second-order valence-corrected chi connectivity index (χ2v) is 2.70. The van der Waals surface area contributed by atoms with Crippen LogP contribution in [0.3, 0.4) is 0 Å². The van der Waals surface area contributed by atoms with Crippen LogP contribution in [0.4, 0.5) is 0 Å². The summed E-state index contributed by atoms with van der Waals surface area (Å²) >= 11 is 0. The van der Waals surface area contributed by atoms with Gasteiger partial charge in [-0.15, -0.1) is 0 Å². The van der Waals surface area contributed by atoms with Crippen molar-refractivity contribution in [2.45, 2.75) is 6.92 Å². The summed E-state index contributed by atoms with van der Waals surface area (Å²) in [6.45, 7) is 1.95. The molecule has 0 amide bonds. The fourth-order valence-electron chi connectivity index (χ4n) is 1.03. The van der Waals surface area contributed by atoms with Crippen molar-refractivity contribution in [1.82, 2.24) is 0 Å². The first-order valence-electron chi connectivity index (χ1n) is 4.20. The number of hydrogen-bond acceptors (Lipinski definition) is 6. The first-order valence-corrected chi connectivity index (χ1v) is 4.20. The molecule has 0 radical (unpaired) electrons. The molecule has 0 atom stereocenters. The van der Waals surface area contributed by atoms with Crippen LogP contribution >= 0.6 is 0 Å². The van der Waals surface area contributed by atoms with E-state index >= 15 is 0 Å². The van der Waals surface area contributed by atoms with E-state index in [4.69, 9.17) is 15.1 Å². The van der Waals surface area contributed by atoms with E-state index in [9.17, 15) is 10.2 Å². The summed E-state index contributed by atoms with van der Waals surface area (Å²) in [6, 6.07) is 2.22. The Bertz CT molecular complexity index is 365. The van der Waals surface area contributed by atoms with E-state index in [0.29, 0.717) is 0 Å². The van der Waals surface area contributed by atoms with Crippen molar-refractivity contribution in [2.24, 2.45) is 5.16 Å². The molecule has 0 aliphatic carbocycles. The zero-order valence-corrected chi connectivity index (χ0v) is 8.01. The molecule has 0 aromatic heterocycles. The maximum absolute atomic E-state index is 9.19. The molecule has 6 heteroatoms. The second-order valence-electron chi connectivity index (χ2n) is 2.70. The number of benzene rings is 1. The molecular weight excluding hydrogens is 202 g/mol. The predicted molar refractivity (Wildman–Crippen MR) is 51.4 cm³/mol. The smallest absolute Gasteiger partial charge is 0.257 e. The van der Waals surface area contributed by atoms with E-state index in [-0.39, 0.29) is 18.1 Å². The predicted octanol–water partition coefficient (Wildman–Crippen LogP) is 0.976. The van der Waals surface area contributed by atoms with E-state index in [2.05, 4.69) is 5.16 Å². The topological polar surface area (TPSA) is 103 Å². The maximum atomic E-state index is 9.19. The van der Waals surface area contributed by atoms with E-state index in [1.54, 1.807) is 6.92 Å². The third kappa shape index (κ3) is 2.22. The van der Waals surface area contributed by atoms with Gasteiger partial charge >= 0.3 is 0 Å². The Morgan fingerprint density at radius 3 is 2.20 bits per heavy atom. The highest BCUT2D eigenvalue weighted by Crippen LogP contribution is 2.35. The zero-order valence-electron chi connectivity index (χ0n) is 8.01. The summed E-state index contributed by atoms with van der Waals surface area (Å²) < 4.78 is 4.92. The lowest BCUT2D eigenvalue weighted by atomic mass is 10.2. The van der Waals surface area contributed by atoms with Gasteiger partial charge in [-0.05, 0) is 24.2 Å². The van der Waals surface area contributed by atoms with E-state index < -0.39 is 17.2 Å². The molecule has 15 heavy (non-hydrogen) atoms. The van der Waals surface area contributed by atoms with Crippen LogP contribution in [0.1, 0.15) is 12.5 Å². The lowest BCUT2D eigenvalue weighted by Crippen LogP contribution is -2.06. The van der Waals surface area contributed by atoms with Crippen molar-refractivity contribution < 1.29 is 25.3 Å². The number of phenolic OH excluding ortho intramolecular Hbond substituents is 3. The third-order valence-corrected chi connectivity index (χ3v) is 1.69. The molecule has 0 bridgehead atoms. The first-order chi connectivity index (χ1) is 7.10. The van der Waals surface area contributed by atoms with Gasteiger partial charge in [0.2, 0.25) is 0 Å². The summed E-state index contributed by atoms with van der Waals surface area (Å²) in [4.78, 5) is 0. The highest BCUT2D eigenvalue weighted by molar-refractivity contribution is 5.95. The van der Waals surface area contributed by atoms with Crippen LogP contribution in [-0.2, 0) is 4.74 Å². The maximum Gasteiger partial charge on any atom is 0.257 e. The van der Waals surface area contributed by atoms with Crippen molar-refractivity contribution in [1.29, 1.82) is 0 Å². The Kier molecular flexibility index (Phi) is 3.22. The van der Waals surface area contributed by atoms with Gasteiger partial charge in [-0.2, -0.15) is 0 Å². The third-order valence-electron chi connectivity index (χ3n) is 1.69. The number of oxime groups is 1. The van der Waals surface area contributed by atoms with Gasteiger partial charge < -0.3 is 25.3 Å². The fourth-order valence-corrected chi connectivity index (χ4v) is 1.03. The molecule has 4 N–H and O–H groups in total. The first kappa shape index (κ1) is 11.0. The minimum Gasteiger partial charge on any atom is -0.504 e. The fraction of sp³-hybridized carbons (Fsp3) is 0.222. The molecule has 1 aromatic carbocycles. The molecule has 6 nitrogen and oxygen atoms in total. The van der Waals surface area contributed by atoms with Crippen LogP contribution in [0.2, 0.25) is 0 Å². The lowest BCUT2D eigenvalue weighted by molar-refractivity contribution is 0.265. The summed E-state index contributed by atoms with van der Waals surface area (Å²) in [5.74, 6) is -1.83. The largest absolute Gasteiger partial charge is 0.504 e. The molecule has 0 spiro atoms. The van der Waals surface area contributed by atoms with Crippen LogP contribution in [0, 0.1) is 0 Å². The Morgan fingerprint density at radius 1 is 1.27 bits per heavy atom. The number of aromatic hydroxyl groups is 3. The summed E-state index contributed by atoms with van der Waals surface area (Å²) in [7, 11) is 0. The van der Waals surface area contributed by atoms with Gasteiger partial charge in [0.05, 0.1) is 6.61 Å². The highest BCUT2D eigenvalue weighted by Gasteiger charge is 2.13. The number of ether oxygens (including phenoxy) is 1. The van der Waals surface area contributed by atoms with E-state index in [0.717, 1.165) is 12.1 Å². The van der Waals surface area contributed by atoms with Crippen molar-refractivity contribution in [3.8, 4) is 17.2 Å². The second kappa shape index (κ2) is 4.41. The standard InChI is InChI=1S/C9H11NO5/c1-2-15-9(10-14)5-3-6(11)8(13)7(12)4-5/h3-4,11-14H,2H2,1H3. The Morgan fingerprint density at radius 2 is 1.80 bits per heavy atom. The van der Waals surface area contributed by atoms with Crippen LogP contribution in [0.25, 0.3) is 0 Å². The monoisotopic (exact) mass is 213 g/mol. The lowest BCUT2D eigenvalue weighted by Gasteiger charge is -2.07. The molecule has 1 aromatic rings. The van der Waals surface area contributed by atoms with Crippen molar-refractivity contribution >= 4 is 5.90 Å².